The lowest BCUT2D eigenvalue weighted by atomic mass is 9.64. The minimum atomic E-state index is -0.709. The monoisotopic (exact) mass is 406 g/mol. The molecule has 3 rings (SSSR count). The SMILES string of the molecule is CCCCC1(O)C(C)C(c2ccc(Cl)cc2)[NH2+]C(c2ccc(Cl)cc2)C1C. The van der Waals surface area contributed by atoms with Gasteiger partial charge in [0.1, 0.15) is 12.1 Å². The lowest BCUT2D eigenvalue weighted by Crippen LogP contribution is -2.93. The molecule has 1 heterocycles. The molecule has 4 heteroatoms. The number of rotatable bonds is 5. The van der Waals surface area contributed by atoms with Gasteiger partial charge in [-0.05, 0) is 30.7 Å². The first-order valence-electron chi connectivity index (χ1n) is 9.95. The Morgan fingerprint density at radius 3 is 1.63 bits per heavy atom. The van der Waals surface area contributed by atoms with Crippen molar-refractivity contribution in [3.63, 3.8) is 0 Å². The van der Waals surface area contributed by atoms with Crippen molar-refractivity contribution in [3.05, 3.63) is 69.7 Å². The van der Waals surface area contributed by atoms with Gasteiger partial charge in [-0.2, -0.15) is 0 Å². The summed E-state index contributed by atoms with van der Waals surface area (Å²) < 4.78 is 0. The average Bonchev–Trinajstić information content (AvgIpc) is 2.67. The van der Waals surface area contributed by atoms with Crippen LogP contribution in [0.4, 0.5) is 0 Å². The predicted octanol–water partition coefficient (Wildman–Crippen LogP) is 5.55. The van der Waals surface area contributed by atoms with Gasteiger partial charge < -0.3 is 10.4 Å². The molecule has 146 valence electrons. The molecule has 0 amide bonds. The van der Waals surface area contributed by atoms with Gasteiger partial charge >= 0.3 is 0 Å². The molecular weight excluding hydrogens is 377 g/mol. The van der Waals surface area contributed by atoms with E-state index in [0.717, 1.165) is 29.3 Å². The zero-order chi connectivity index (χ0) is 19.6. The molecule has 0 aliphatic carbocycles. The highest BCUT2D eigenvalue weighted by Crippen LogP contribution is 2.45. The quantitative estimate of drug-likeness (QED) is 0.670. The minimum absolute atomic E-state index is 0.142. The van der Waals surface area contributed by atoms with Crippen LogP contribution in [-0.4, -0.2) is 10.7 Å². The molecular formula is C23H30Cl2NO+. The summed E-state index contributed by atoms with van der Waals surface area (Å²) in [6, 6.07) is 16.5. The molecule has 1 aliphatic rings. The highest BCUT2D eigenvalue weighted by Gasteiger charge is 2.53. The number of hydrogen-bond acceptors (Lipinski definition) is 1. The van der Waals surface area contributed by atoms with E-state index in [0.29, 0.717) is 0 Å². The second-order valence-electron chi connectivity index (χ2n) is 8.02. The van der Waals surface area contributed by atoms with Crippen LogP contribution < -0.4 is 5.32 Å². The van der Waals surface area contributed by atoms with E-state index < -0.39 is 5.60 Å². The molecule has 0 aromatic heterocycles. The summed E-state index contributed by atoms with van der Waals surface area (Å²) in [6.07, 6.45) is 2.95. The van der Waals surface area contributed by atoms with Gasteiger partial charge in [-0.1, -0.05) is 81.1 Å². The zero-order valence-corrected chi connectivity index (χ0v) is 17.8. The van der Waals surface area contributed by atoms with Crippen molar-refractivity contribution in [1.82, 2.24) is 0 Å². The Kier molecular flexibility index (Phi) is 6.53. The highest BCUT2D eigenvalue weighted by atomic mass is 35.5. The number of quaternary nitrogens is 1. The van der Waals surface area contributed by atoms with E-state index in [1.54, 1.807) is 0 Å². The van der Waals surface area contributed by atoms with E-state index in [1.165, 1.54) is 11.1 Å². The Hall–Kier alpha value is -1.06. The Morgan fingerprint density at radius 2 is 1.26 bits per heavy atom. The van der Waals surface area contributed by atoms with E-state index in [-0.39, 0.29) is 23.9 Å². The molecule has 0 bridgehead atoms. The summed E-state index contributed by atoms with van der Waals surface area (Å²) in [5, 5.41) is 15.7. The number of hydrogen-bond donors (Lipinski definition) is 2. The summed E-state index contributed by atoms with van der Waals surface area (Å²) >= 11 is 12.2. The van der Waals surface area contributed by atoms with Crippen LogP contribution in [-0.2, 0) is 0 Å². The Labute approximate surface area is 172 Å². The zero-order valence-electron chi connectivity index (χ0n) is 16.3. The van der Waals surface area contributed by atoms with Gasteiger partial charge in [-0.25, -0.2) is 0 Å². The van der Waals surface area contributed by atoms with Gasteiger partial charge in [0, 0.05) is 33.0 Å². The maximum absolute atomic E-state index is 11.8. The van der Waals surface area contributed by atoms with E-state index in [1.807, 2.05) is 24.3 Å². The van der Waals surface area contributed by atoms with Crippen LogP contribution in [0, 0.1) is 11.8 Å². The fourth-order valence-corrected chi connectivity index (χ4v) is 4.93. The number of halogens is 2. The molecule has 1 fully saturated rings. The Balaban J connectivity index is 2.01. The molecule has 0 radical (unpaired) electrons. The van der Waals surface area contributed by atoms with E-state index in [9.17, 15) is 5.11 Å². The van der Waals surface area contributed by atoms with Crippen molar-refractivity contribution in [1.29, 1.82) is 0 Å². The number of unbranched alkanes of at least 4 members (excludes halogenated alkanes) is 1. The first-order chi connectivity index (χ1) is 12.9. The predicted molar refractivity (Wildman–Crippen MR) is 113 cm³/mol. The molecule has 2 nitrogen and oxygen atoms in total. The maximum Gasteiger partial charge on any atom is 0.117 e. The van der Waals surface area contributed by atoms with Crippen molar-refractivity contribution in [3.8, 4) is 0 Å². The third-order valence-electron chi connectivity index (χ3n) is 6.51. The maximum atomic E-state index is 11.8. The third-order valence-corrected chi connectivity index (χ3v) is 7.01. The largest absolute Gasteiger partial charge is 0.389 e. The lowest BCUT2D eigenvalue weighted by molar-refractivity contribution is -0.764. The van der Waals surface area contributed by atoms with Crippen molar-refractivity contribution in [2.24, 2.45) is 11.8 Å². The topological polar surface area (TPSA) is 36.8 Å². The fourth-order valence-electron chi connectivity index (χ4n) is 4.68. The van der Waals surface area contributed by atoms with Crippen LogP contribution >= 0.6 is 23.2 Å². The highest BCUT2D eigenvalue weighted by molar-refractivity contribution is 6.30. The van der Waals surface area contributed by atoms with Crippen molar-refractivity contribution >= 4 is 23.2 Å². The Bertz CT molecular complexity index is 686. The second-order valence-corrected chi connectivity index (χ2v) is 8.89. The summed E-state index contributed by atoms with van der Waals surface area (Å²) in [4.78, 5) is 0. The molecule has 2 aromatic carbocycles. The number of piperidine rings is 1. The molecule has 27 heavy (non-hydrogen) atoms. The van der Waals surface area contributed by atoms with Crippen molar-refractivity contribution in [2.75, 3.05) is 0 Å². The summed E-state index contributed by atoms with van der Waals surface area (Å²) in [5.74, 6) is 0.285. The molecule has 0 spiro atoms. The van der Waals surface area contributed by atoms with Crippen LogP contribution in [0.25, 0.3) is 0 Å². The van der Waals surface area contributed by atoms with Gasteiger partial charge in [-0.15, -0.1) is 0 Å². The lowest BCUT2D eigenvalue weighted by Gasteiger charge is -2.49. The van der Waals surface area contributed by atoms with Crippen LogP contribution in [0.5, 0.6) is 0 Å². The molecule has 4 unspecified atom stereocenters. The smallest absolute Gasteiger partial charge is 0.117 e. The molecule has 1 saturated heterocycles. The van der Waals surface area contributed by atoms with Gasteiger partial charge in [0.15, 0.2) is 0 Å². The van der Waals surface area contributed by atoms with Crippen LogP contribution in [0.3, 0.4) is 0 Å². The fraction of sp³-hybridized carbons (Fsp3) is 0.478. The number of aliphatic hydroxyl groups is 1. The Morgan fingerprint density at radius 1 is 0.852 bits per heavy atom. The van der Waals surface area contributed by atoms with Crippen LogP contribution in [0.15, 0.2) is 48.5 Å². The summed E-state index contributed by atoms with van der Waals surface area (Å²) in [7, 11) is 0. The number of nitrogens with two attached hydrogens (primary N) is 1. The van der Waals surface area contributed by atoms with Gasteiger partial charge in [0.05, 0.1) is 5.60 Å². The third kappa shape index (κ3) is 4.19. The molecule has 0 saturated carbocycles. The summed E-state index contributed by atoms with van der Waals surface area (Å²) in [6.45, 7) is 6.57. The second kappa shape index (κ2) is 8.53. The van der Waals surface area contributed by atoms with Crippen molar-refractivity contribution < 1.29 is 10.4 Å². The molecule has 3 N–H and O–H groups in total. The van der Waals surface area contributed by atoms with Gasteiger partial charge in [0.2, 0.25) is 0 Å². The van der Waals surface area contributed by atoms with E-state index >= 15 is 0 Å². The standard InChI is InChI=1S/C23H29Cl2NO/c1-4-5-14-23(27)15(2)21(17-6-10-19(24)11-7-17)26-22(16(23)3)18-8-12-20(25)13-9-18/h6-13,15-16,21-22,26-27H,4-5,14H2,1-3H3/p+1. The minimum Gasteiger partial charge on any atom is -0.389 e. The van der Waals surface area contributed by atoms with Gasteiger partial charge in [-0.3, -0.25) is 0 Å². The number of benzene rings is 2. The van der Waals surface area contributed by atoms with Crippen LogP contribution in [0.2, 0.25) is 10.0 Å². The molecule has 1 aliphatic heterocycles. The molecule has 4 atom stereocenters. The van der Waals surface area contributed by atoms with E-state index in [4.69, 9.17) is 23.2 Å². The average molecular weight is 407 g/mol. The van der Waals surface area contributed by atoms with Crippen LogP contribution in [0.1, 0.15) is 63.2 Å². The summed E-state index contributed by atoms with van der Waals surface area (Å²) in [5.41, 5.74) is 1.72. The first kappa shape index (κ1) is 20.7. The van der Waals surface area contributed by atoms with Crippen molar-refractivity contribution in [2.45, 2.75) is 57.7 Å². The van der Waals surface area contributed by atoms with E-state index in [2.05, 4.69) is 50.4 Å². The van der Waals surface area contributed by atoms with Gasteiger partial charge in [0.25, 0.3) is 0 Å². The molecule has 2 aromatic rings. The first-order valence-corrected chi connectivity index (χ1v) is 10.7. The normalized spacial score (nSPS) is 31.0.